The Labute approximate surface area is 117 Å². The van der Waals surface area contributed by atoms with E-state index in [9.17, 15) is 9.59 Å². The first-order valence-corrected chi connectivity index (χ1v) is 6.31. The zero-order valence-corrected chi connectivity index (χ0v) is 11.5. The molecule has 20 heavy (non-hydrogen) atoms. The first kappa shape index (κ1) is 14.1. The van der Waals surface area contributed by atoms with Crippen LogP contribution in [0.2, 0.25) is 0 Å². The van der Waals surface area contributed by atoms with Gasteiger partial charge in [0.05, 0.1) is 25.4 Å². The monoisotopic (exact) mass is 272 g/mol. The lowest BCUT2D eigenvalue weighted by molar-refractivity contribution is -0.136. The lowest BCUT2D eigenvalue weighted by Crippen LogP contribution is -2.02. The maximum absolute atomic E-state index is 11.5. The van der Waals surface area contributed by atoms with Crippen LogP contribution >= 0.6 is 0 Å². The van der Waals surface area contributed by atoms with Crippen molar-refractivity contribution in [2.45, 2.75) is 12.8 Å². The molecule has 0 amide bonds. The molecule has 0 saturated carbocycles. The van der Waals surface area contributed by atoms with Crippen LogP contribution in [0.1, 0.15) is 12.8 Å². The van der Waals surface area contributed by atoms with Crippen LogP contribution in [-0.2, 0) is 19.1 Å². The Morgan fingerprint density at radius 1 is 0.800 bits per heavy atom. The Hall–Kier alpha value is -2.36. The van der Waals surface area contributed by atoms with E-state index < -0.39 is 0 Å². The third-order valence-corrected chi connectivity index (χ3v) is 3.27. The van der Waals surface area contributed by atoms with Crippen LogP contribution in [0.4, 0.5) is 0 Å². The molecule has 0 aromatic rings. The van der Waals surface area contributed by atoms with E-state index in [-0.39, 0.29) is 11.9 Å². The smallest absolute Gasteiger partial charge is 0.337 e. The molecule has 0 fully saturated rings. The van der Waals surface area contributed by atoms with E-state index >= 15 is 0 Å². The first-order valence-electron chi connectivity index (χ1n) is 6.31. The van der Waals surface area contributed by atoms with Crippen molar-refractivity contribution in [1.29, 1.82) is 0 Å². The molecule has 104 valence electrons. The number of esters is 2. The number of methoxy groups -OCH3 is 2. The molecule has 0 aromatic heterocycles. The fourth-order valence-electron chi connectivity index (χ4n) is 2.11. The second-order valence-electron chi connectivity index (χ2n) is 4.43. The number of carbonyl (C=O) groups excluding carboxylic acids is 2. The van der Waals surface area contributed by atoms with Crippen molar-refractivity contribution in [1.82, 2.24) is 0 Å². The number of hydrogen-bond donors (Lipinski definition) is 0. The summed E-state index contributed by atoms with van der Waals surface area (Å²) in [5.41, 5.74) is 3.25. The predicted molar refractivity (Wildman–Crippen MR) is 74.7 cm³/mol. The van der Waals surface area contributed by atoms with Crippen LogP contribution in [0, 0.1) is 0 Å². The molecule has 0 radical (unpaired) electrons. The van der Waals surface area contributed by atoms with E-state index in [1.54, 1.807) is 12.2 Å². The highest BCUT2D eigenvalue weighted by Gasteiger charge is 2.14. The fraction of sp³-hybridized carbons (Fsp3) is 0.250. The summed E-state index contributed by atoms with van der Waals surface area (Å²) in [6.45, 7) is 0. The minimum absolute atomic E-state index is 0.339. The molecule has 0 heterocycles. The molecule has 0 spiro atoms. The zero-order valence-electron chi connectivity index (χ0n) is 11.5. The normalized spacial score (nSPS) is 17.5. The molecule has 0 unspecified atom stereocenters. The van der Waals surface area contributed by atoms with Crippen LogP contribution in [0.25, 0.3) is 0 Å². The lowest BCUT2D eigenvalue weighted by atomic mass is 10.0. The minimum atomic E-state index is -0.339. The van der Waals surface area contributed by atoms with Crippen molar-refractivity contribution < 1.29 is 19.1 Å². The highest BCUT2D eigenvalue weighted by Crippen LogP contribution is 2.26. The molecule has 0 atom stereocenters. The SMILES string of the molecule is COC(=O)C1=CCC2=C(C=C1)CC=C(C(=O)OC)C=C2. The number of allylic oxidation sites excluding steroid dienone is 6. The van der Waals surface area contributed by atoms with Gasteiger partial charge < -0.3 is 9.47 Å². The molecule has 2 rings (SSSR count). The van der Waals surface area contributed by atoms with Gasteiger partial charge in [-0.2, -0.15) is 0 Å². The molecule has 0 saturated heterocycles. The molecule has 4 heteroatoms. The summed E-state index contributed by atoms with van der Waals surface area (Å²) in [6, 6.07) is 0. The van der Waals surface area contributed by atoms with Gasteiger partial charge in [-0.15, -0.1) is 0 Å². The summed E-state index contributed by atoms with van der Waals surface area (Å²) in [6.07, 6.45) is 12.2. The van der Waals surface area contributed by atoms with Gasteiger partial charge in [-0.3, -0.25) is 0 Å². The molecule has 0 N–H and O–H groups in total. The van der Waals surface area contributed by atoms with Gasteiger partial charge in [0.2, 0.25) is 0 Å². The summed E-state index contributed by atoms with van der Waals surface area (Å²) in [4.78, 5) is 23.0. The standard InChI is InChI=1S/C16H16O4/c1-19-15(17)13-7-3-11-5-9-14(16(18)20-2)10-6-12(11)4-8-13/h3,6-10H,4-5H2,1-2H3. The van der Waals surface area contributed by atoms with E-state index in [1.165, 1.54) is 14.2 Å². The van der Waals surface area contributed by atoms with Crippen molar-refractivity contribution in [3.63, 3.8) is 0 Å². The Kier molecular flexibility index (Phi) is 4.35. The van der Waals surface area contributed by atoms with Crippen LogP contribution < -0.4 is 0 Å². The molecule has 2 aliphatic carbocycles. The quantitative estimate of drug-likeness (QED) is 0.724. The van der Waals surface area contributed by atoms with Gasteiger partial charge in [-0.05, 0) is 36.1 Å². The van der Waals surface area contributed by atoms with Crippen molar-refractivity contribution in [2.75, 3.05) is 14.2 Å². The van der Waals surface area contributed by atoms with Crippen LogP contribution in [0.15, 0.2) is 58.7 Å². The highest BCUT2D eigenvalue weighted by atomic mass is 16.5. The van der Waals surface area contributed by atoms with E-state index in [1.807, 2.05) is 24.3 Å². The van der Waals surface area contributed by atoms with E-state index in [2.05, 4.69) is 0 Å². The molecule has 4 nitrogen and oxygen atoms in total. The summed E-state index contributed by atoms with van der Waals surface area (Å²) in [5, 5.41) is 0. The predicted octanol–water partition coefficient (Wildman–Crippen LogP) is 2.40. The maximum Gasteiger partial charge on any atom is 0.337 e. The van der Waals surface area contributed by atoms with Crippen molar-refractivity contribution >= 4 is 11.9 Å². The fourth-order valence-corrected chi connectivity index (χ4v) is 2.11. The maximum atomic E-state index is 11.5. The Balaban J connectivity index is 2.21. The van der Waals surface area contributed by atoms with Gasteiger partial charge in [0.25, 0.3) is 0 Å². The topological polar surface area (TPSA) is 52.6 Å². The molecule has 0 aliphatic heterocycles. The lowest BCUT2D eigenvalue weighted by Gasteiger charge is -2.01. The van der Waals surface area contributed by atoms with Gasteiger partial charge in [0, 0.05) is 0 Å². The number of rotatable bonds is 2. The number of hydrogen-bond acceptors (Lipinski definition) is 4. The average Bonchev–Trinajstić information content (AvgIpc) is 2.79. The van der Waals surface area contributed by atoms with E-state index in [4.69, 9.17) is 9.47 Å². The third-order valence-electron chi connectivity index (χ3n) is 3.27. The zero-order chi connectivity index (χ0) is 14.5. The summed E-state index contributed by atoms with van der Waals surface area (Å²) >= 11 is 0. The van der Waals surface area contributed by atoms with Crippen molar-refractivity contribution in [3.8, 4) is 0 Å². The van der Waals surface area contributed by atoms with Gasteiger partial charge >= 0.3 is 11.9 Å². The molecule has 2 aliphatic rings. The van der Waals surface area contributed by atoms with E-state index in [0.717, 1.165) is 11.1 Å². The van der Waals surface area contributed by atoms with Crippen molar-refractivity contribution in [2.24, 2.45) is 0 Å². The minimum Gasteiger partial charge on any atom is -0.465 e. The van der Waals surface area contributed by atoms with Gasteiger partial charge in [-0.1, -0.05) is 24.3 Å². The van der Waals surface area contributed by atoms with Crippen LogP contribution in [0.3, 0.4) is 0 Å². The molecule has 0 aromatic carbocycles. The third kappa shape index (κ3) is 2.96. The molecular formula is C16H16O4. The summed E-state index contributed by atoms with van der Waals surface area (Å²) in [5.74, 6) is -0.678. The van der Waals surface area contributed by atoms with Gasteiger partial charge in [0.1, 0.15) is 0 Å². The Morgan fingerprint density at radius 3 is 1.55 bits per heavy atom. The average molecular weight is 272 g/mol. The van der Waals surface area contributed by atoms with Gasteiger partial charge in [-0.25, -0.2) is 9.59 Å². The summed E-state index contributed by atoms with van der Waals surface area (Å²) in [7, 11) is 2.73. The van der Waals surface area contributed by atoms with Crippen molar-refractivity contribution in [3.05, 3.63) is 58.7 Å². The Bertz CT molecular complexity index is 534. The second kappa shape index (κ2) is 6.19. The summed E-state index contributed by atoms with van der Waals surface area (Å²) < 4.78 is 9.44. The van der Waals surface area contributed by atoms with Gasteiger partial charge in [0.15, 0.2) is 0 Å². The Morgan fingerprint density at radius 2 is 1.20 bits per heavy atom. The largest absolute Gasteiger partial charge is 0.465 e. The van der Waals surface area contributed by atoms with E-state index in [0.29, 0.717) is 24.0 Å². The van der Waals surface area contributed by atoms with Crippen LogP contribution in [0.5, 0.6) is 0 Å². The molecule has 0 bridgehead atoms. The second-order valence-corrected chi connectivity index (χ2v) is 4.43. The van der Waals surface area contributed by atoms with Crippen LogP contribution in [-0.4, -0.2) is 26.2 Å². The highest BCUT2D eigenvalue weighted by molar-refractivity contribution is 5.93. The number of carbonyl (C=O) groups is 2. The first-order chi connectivity index (χ1) is 9.65. The number of ether oxygens (including phenoxy) is 2. The molecular weight excluding hydrogens is 256 g/mol.